The normalized spacial score (nSPS) is 15.2. The van der Waals surface area contributed by atoms with Crippen molar-refractivity contribution in [3.05, 3.63) is 101 Å². The van der Waals surface area contributed by atoms with Gasteiger partial charge in [0.2, 0.25) is 10.0 Å². The van der Waals surface area contributed by atoms with Crippen molar-refractivity contribution in [2.45, 2.75) is 44.7 Å². The van der Waals surface area contributed by atoms with Gasteiger partial charge in [-0.05, 0) is 54.5 Å². The Morgan fingerprint density at radius 1 is 0.882 bits per heavy atom. The second-order valence-corrected chi connectivity index (χ2v) is 11.1. The maximum absolute atomic E-state index is 13.8. The van der Waals surface area contributed by atoms with Crippen molar-refractivity contribution in [1.29, 1.82) is 0 Å². The molecule has 178 valence electrons. The summed E-state index contributed by atoms with van der Waals surface area (Å²) in [5, 5.41) is 0. The quantitative estimate of drug-likeness (QED) is 0.467. The van der Waals surface area contributed by atoms with E-state index < -0.39 is 10.0 Å². The third-order valence-electron chi connectivity index (χ3n) is 6.54. The van der Waals surface area contributed by atoms with Crippen LogP contribution in [0.2, 0.25) is 0 Å². The number of hydrogen-bond donors (Lipinski definition) is 0. The smallest absolute Gasteiger partial charge is 0.254 e. The molecule has 3 aromatic rings. The van der Waals surface area contributed by atoms with Crippen LogP contribution >= 0.6 is 0 Å². The van der Waals surface area contributed by atoms with E-state index in [1.165, 1.54) is 0 Å². The third-order valence-corrected chi connectivity index (χ3v) is 8.43. The van der Waals surface area contributed by atoms with E-state index in [9.17, 15) is 13.2 Å². The van der Waals surface area contributed by atoms with Gasteiger partial charge >= 0.3 is 0 Å². The maximum atomic E-state index is 13.8. The zero-order valence-corrected chi connectivity index (χ0v) is 20.7. The van der Waals surface area contributed by atoms with Crippen molar-refractivity contribution in [2.24, 2.45) is 5.92 Å². The Hall–Kier alpha value is -2.96. The molecule has 1 fully saturated rings. The number of amides is 1. The summed E-state index contributed by atoms with van der Waals surface area (Å²) in [6.07, 6.45) is 1.72. The van der Waals surface area contributed by atoms with E-state index >= 15 is 0 Å². The second-order valence-electron chi connectivity index (χ2n) is 9.20. The summed E-state index contributed by atoms with van der Waals surface area (Å²) < 4.78 is 28.2. The monoisotopic (exact) mass is 476 g/mol. The van der Waals surface area contributed by atoms with Crippen molar-refractivity contribution >= 4 is 15.9 Å². The molecular formula is C28H32N2O3S. The molecule has 1 aliphatic heterocycles. The summed E-state index contributed by atoms with van der Waals surface area (Å²) in [7, 11) is -3.64. The van der Waals surface area contributed by atoms with Crippen LogP contribution in [0.25, 0.3) is 0 Å². The number of aryl methyl sites for hydroxylation is 1. The van der Waals surface area contributed by atoms with Gasteiger partial charge in [-0.1, -0.05) is 73.7 Å². The molecule has 1 saturated heterocycles. The number of rotatable bonds is 7. The van der Waals surface area contributed by atoms with E-state index in [4.69, 9.17) is 0 Å². The number of carbonyl (C=O) groups is 1. The number of sulfonamides is 1. The van der Waals surface area contributed by atoms with Gasteiger partial charge in [0.05, 0.1) is 4.90 Å². The first-order valence-corrected chi connectivity index (χ1v) is 13.3. The Bertz CT molecular complexity index is 1180. The molecule has 4 rings (SSSR count). The minimum Gasteiger partial charge on any atom is -0.330 e. The molecule has 6 heteroatoms. The highest BCUT2D eigenvalue weighted by Crippen LogP contribution is 2.26. The molecule has 0 bridgehead atoms. The number of nitrogens with zero attached hydrogens (tertiary/aromatic N) is 2. The summed E-state index contributed by atoms with van der Waals surface area (Å²) in [5.74, 6) is 0.362. The standard InChI is InChI=1S/C28H32N2O3S/c1-22-15-17-30(18-16-22)34(32,33)26-14-13-23(2)27(19-26)28(31)29(20-24-9-5-3-6-10-24)21-25-11-7-4-8-12-25/h3-14,19,22H,15-18,20-21H2,1-2H3. The number of piperidine rings is 1. The van der Waals surface area contributed by atoms with Crippen molar-refractivity contribution in [3.63, 3.8) is 0 Å². The van der Waals surface area contributed by atoms with Crippen LogP contribution in [0.3, 0.4) is 0 Å². The summed E-state index contributed by atoms with van der Waals surface area (Å²) >= 11 is 0. The number of benzene rings is 3. The van der Waals surface area contributed by atoms with Gasteiger partial charge in [-0.25, -0.2) is 8.42 Å². The van der Waals surface area contributed by atoms with Crippen molar-refractivity contribution < 1.29 is 13.2 Å². The molecule has 0 N–H and O–H groups in total. The molecule has 5 nitrogen and oxygen atoms in total. The van der Waals surface area contributed by atoms with Gasteiger partial charge < -0.3 is 4.90 Å². The predicted octanol–water partition coefficient (Wildman–Crippen LogP) is 5.26. The largest absolute Gasteiger partial charge is 0.330 e. The Balaban J connectivity index is 1.65. The molecule has 0 radical (unpaired) electrons. The van der Waals surface area contributed by atoms with Gasteiger partial charge in [0.15, 0.2) is 0 Å². The van der Waals surface area contributed by atoms with E-state index in [2.05, 4.69) is 6.92 Å². The number of carbonyl (C=O) groups excluding carboxylic acids is 1. The molecular weight excluding hydrogens is 444 g/mol. The Morgan fingerprint density at radius 3 is 1.94 bits per heavy atom. The van der Waals surface area contributed by atoms with Crippen molar-refractivity contribution in [3.8, 4) is 0 Å². The fraction of sp³-hybridized carbons (Fsp3) is 0.321. The average Bonchev–Trinajstić information content (AvgIpc) is 2.85. The first kappa shape index (κ1) is 24.2. The van der Waals surface area contributed by atoms with Gasteiger partial charge in [0.25, 0.3) is 5.91 Å². The van der Waals surface area contributed by atoms with Crippen LogP contribution < -0.4 is 0 Å². The Morgan fingerprint density at radius 2 is 1.41 bits per heavy atom. The summed E-state index contributed by atoms with van der Waals surface area (Å²) in [6, 6.07) is 24.6. The highest BCUT2D eigenvalue weighted by molar-refractivity contribution is 7.89. The Kier molecular flexibility index (Phi) is 7.49. The molecule has 3 aromatic carbocycles. The second kappa shape index (κ2) is 10.5. The average molecular weight is 477 g/mol. The SMILES string of the molecule is Cc1ccc(S(=O)(=O)N2CCC(C)CC2)cc1C(=O)N(Cc1ccccc1)Cc1ccccc1. The van der Waals surface area contributed by atoms with Crippen LogP contribution in [-0.4, -0.2) is 36.6 Å². The van der Waals surface area contributed by atoms with Crippen LogP contribution in [-0.2, 0) is 23.1 Å². The fourth-order valence-corrected chi connectivity index (χ4v) is 5.84. The van der Waals surface area contributed by atoms with E-state index in [1.807, 2.05) is 67.6 Å². The van der Waals surface area contributed by atoms with Crippen LogP contribution in [0.5, 0.6) is 0 Å². The highest BCUT2D eigenvalue weighted by Gasteiger charge is 2.29. The van der Waals surface area contributed by atoms with Crippen molar-refractivity contribution in [2.75, 3.05) is 13.1 Å². The molecule has 34 heavy (non-hydrogen) atoms. The number of hydrogen-bond acceptors (Lipinski definition) is 3. The molecule has 0 saturated carbocycles. The minimum atomic E-state index is -3.64. The van der Waals surface area contributed by atoms with Crippen LogP contribution in [0, 0.1) is 12.8 Å². The van der Waals surface area contributed by atoms with Crippen LogP contribution in [0.1, 0.15) is 46.8 Å². The van der Waals surface area contributed by atoms with E-state index in [0.29, 0.717) is 37.7 Å². The fourth-order valence-electron chi connectivity index (χ4n) is 4.34. The lowest BCUT2D eigenvalue weighted by atomic mass is 10.0. The maximum Gasteiger partial charge on any atom is 0.254 e. The summed E-state index contributed by atoms with van der Waals surface area (Å²) in [6.45, 7) is 5.93. The zero-order valence-electron chi connectivity index (χ0n) is 19.9. The molecule has 0 aromatic heterocycles. The molecule has 1 heterocycles. The Labute approximate surface area is 203 Å². The first-order valence-electron chi connectivity index (χ1n) is 11.8. The predicted molar refractivity (Wildman–Crippen MR) is 135 cm³/mol. The zero-order chi connectivity index (χ0) is 24.1. The first-order chi connectivity index (χ1) is 16.3. The topological polar surface area (TPSA) is 57.7 Å². The van der Waals surface area contributed by atoms with Gasteiger partial charge in [0.1, 0.15) is 0 Å². The van der Waals surface area contributed by atoms with E-state index in [1.54, 1.807) is 27.4 Å². The lowest BCUT2D eigenvalue weighted by Gasteiger charge is -2.29. The van der Waals surface area contributed by atoms with E-state index in [-0.39, 0.29) is 10.8 Å². The third kappa shape index (κ3) is 5.57. The summed E-state index contributed by atoms with van der Waals surface area (Å²) in [5.41, 5.74) is 3.24. The lowest BCUT2D eigenvalue weighted by Crippen LogP contribution is -2.38. The molecule has 0 unspecified atom stereocenters. The van der Waals surface area contributed by atoms with Gasteiger partial charge in [-0.15, -0.1) is 0 Å². The molecule has 1 amide bonds. The van der Waals surface area contributed by atoms with Crippen LogP contribution in [0.15, 0.2) is 83.8 Å². The lowest BCUT2D eigenvalue weighted by molar-refractivity contribution is 0.0729. The van der Waals surface area contributed by atoms with Gasteiger partial charge in [-0.3, -0.25) is 4.79 Å². The van der Waals surface area contributed by atoms with E-state index in [0.717, 1.165) is 29.5 Å². The molecule has 0 aliphatic carbocycles. The van der Waals surface area contributed by atoms with Crippen molar-refractivity contribution in [1.82, 2.24) is 9.21 Å². The molecule has 1 aliphatic rings. The summed E-state index contributed by atoms with van der Waals surface area (Å²) in [4.78, 5) is 15.8. The van der Waals surface area contributed by atoms with Gasteiger partial charge in [-0.2, -0.15) is 4.31 Å². The van der Waals surface area contributed by atoms with Crippen LogP contribution in [0.4, 0.5) is 0 Å². The highest BCUT2D eigenvalue weighted by atomic mass is 32.2. The minimum absolute atomic E-state index is 0.172. The molecule has 0 atom stereocenters. The van der Waals surface area contributed by atoms with Gasteiger partial charge in [0, 0.05) is 31.7 Å². The molecule has 0 spiro atoms.